The fourth-order valence-electron chi connectivity index (χ4n) is 2.06. The van der Waals surface area contributed by atoms with Crippen molar-refractivity contribution in [2.24, 2.45) is 5.73 Å². The van der Waals surface area contributed by atoms with E-state index in [1.165, 1.54) is 0 Å². The highest BCUT2D eigenvalue weighted by Crippen LogP contribution is 2.26. The molecule has 3 atom stereocenters. The molecular weight excluding hydrogens is 223 g/mol. The third kappa shape index (κ3) is 2.62. The first-order valence-corrected chi connectivity index (χ1v) is 5.50. The van der Waals surface area contributed by atoms with Gasteiger partial charge in [0.05, 0.1) is 0 Å². The summed E-state index contributed by atoms with van der Waals surface area (Å²) in [5.74, 6) is 0. The van der Waals surface area contributed by atoms with Crippen molar-refractivity contribution in [3.8, 4) is 0 Å². The van der Waals surface area contributed by atoms with E-state index in [-0.39, 0.29) is 6.54 Å². The van der Waals surface area contributed by atoms with Gasteiger partial charge in [-0.3, -0.25) is 9.69 Å². The first kappa shape index (κ1) is 12.0. The second-order valence-corrected chi connectivity index (χ2v) is 4.13. The lowest BCUT2D eigenvalue weighted by atomic mass is 10.2. The maximum Gasteiger partial charge on any atom is 0.294 e. The minimum atomic E-state index is -1.07. The molecular formula is C12H15FN2O2. The van der Waals surface area contributed by atoms with Gasteiger partial charge in [-0.1, -0.05) is 30.3 Å². The van der Waals surface area contributed by atoms with Crippen LogP contribution in [0, 0.1) is 0 Å². The Hall–Kier alpha value is -1.46. The lowest BCUT2D eigenvalue weighted by Crippen LogP contribution is -2.32. The fraction of sp³-hybridized carbons (Fsp3) is 0.417. The molecule has 1 aliphatic rings. The van der Waals surface area contributed by atoms with Crippen LogP contribution in [0.4, 0.5) is 4.39 Å². The largest absolute Gasteiger partial charge is 0.444 e. The van der Waals surface area contributed by atoms with E-state index in [1.807, 2.05) is 30.3 Å². The fourth-order valence-corrected chi connectivity index (χ4v) is 2.06. The van der Waals surface area contributed by atoms with Crippen molar-refractivity contribution >= 4 is 6.47 Å². The van der Waals surface area contributed by atoms with Crippen LogP contribution in [0.1, 0.15) is 11.8 Å². The van der Waals surface area contributed by atoms with Crippen LogP contribution in [0.5, 0.6) is 0 Å². The number of carbonyl (C=O) groups excluding carboxylic acids is 1. The number of benzene rings is 1. The molecule has 0 aliphatic carbocycles. The molecule has 0 aromatic heterocycles. The van der Waals surface area contributed by atoms with Crippen LogP contribution in [0.25, 0.3) is 0 Å². The molecule has 0 bridgehead atoms. The Labute approximate surface area is 99.2 Å². The third-order valence-electron chi connectivity index (χ3n) is 2.92. The van der Waals surface area contributed by atoms with E-state index >= 15 is 0 Å². The van der Waals surface area contributed by atoms with E-state index in [0.717, 1.165) is 5.56 Å². The van der Waals surface area contributed by atoms with Crippen LogP contribution >= 0.6 is 0 Å². The summed E-state index contributed by atoms with van der Waals surface area (Å²) >= 11 is 0. The molecule has 5 heteroatoms. The SMILES string of the molecule is NC1CN(C(OC=O)c2ccccc2)CC1F. The van der Waals surface area contributed by atoms with Crippen LogP contribution in [0.15, 0.2) is 30.3 Å². The third-order valence-corrected chi connectivity index (χ3v) is 2.92. The zero-order valence-corrected chi connectivity index (χ0v) is 9.33. The number of hydrogen-bond donors (Lipinski definition) is 1. The van der Waals surface area contributed by atoms with Gasteiger partial charge in [0.15, 0.2) is 6.23 Å². The molecule has 17 heavy (non-hydrogen) atoms. The molecule has 1 aromatic carbocycles. The maximum atomic E-state index is 13.4. The van der Waals surface area contributed by atoms with Gasteiger partial charge < -0.3 is 10.5 Å². The minimum Gasteiger partial charge on any atom is -0.444 e. The molecule has 0 amide bonds. The monoisotopic (exact) mass is 238 g/mol. The number of carbonyl (C=O) groups is 1. The van der Waals surface area contributed by atoms with Crippen molar-refractivity contribution < 1.29 is 13.9 Å². The Morgan fingerprint density at radius 1 is 1.41 bits per heavy atom. The van der Waals surface area contributed by atoms with Gasteiger partial charge in [-0.25, -0.2) is 4.39 Å². The van der Waals surface area contributed by atoms with Gasteiger partial charge in [-0.2, -0.15) is 0 Å². The normalized spacial score (nSPS) is 26.7. The average molecular weight is 238 g/mol. The molecule has 0 radical (unpaired) electrons. The lowest BCUT2D eigenvalue weighted by Gasteiger charge is -2.25. The first-order chi connectivity index (χ1) is 8.22. The van der Waals surface area contributed by atoms with Crippen molar-refractivity contribution in [2.45, 2.75) is 18.4 Å². The summed E-state index contributed by atoms with van der Waals surface area (Å²) in [5.41, 5.74) is 6.44. The molecule has 92 valence electrons. The lowest BCUT2D eigenvalue weighted by molar-refractivity contribution is -0.143. The van der Waals surface area contributed by atoms with Gasteiger partial charge in [-0.15, -0.1) is 0 Å². The highest BCUT2D eigenvalue weighted by Gasteiger charge is 2.35. The molecule has 3 unspecified atom stereocenters. The Balaban J connectivity index is 2.16. The molecule has 4 nitrogen and oxygen atoms in total. The quantitative estimate of drug-likeness (QED) is 0.790. The predicted molar refractivity (Wildman–Crippen MR) is 60.8 cm³/mol. The molecule has 1 saturated heterocycles. The second-order valence-electron chi connectivity index (χ2n) is 4.13. The number of likely N-dealkylation sites (tertiary alicyclic amines) is 1. The number of halogens is 1. The van der Waals surface area contributed by atoms with E-state index < -0.39 is 18.4 Å². The second kappa shape index (κ2) is 5.25. The molecule has 0 saturated carbocycles. The van der Waals surface area contributed by atoms with Gasteiger partial charge in [0.25, 0.3) is 6.47 Å². The Morgan fingerprint density at radius 3 is 2.65 bits per heavy atom. The predicted octanol–water partition coefficient (Wildman–Crippen LogP) is 0.839. The number of nitrogens with two attached hydrogens (primary N) is 1. The zero-order valence-electron chi connectivity index (χ0n) is 9.33. The van der Waals surface area contributed by atoms with Crippen LogP contribution in [0.2, 0.25) is 0 Å². The summed E-state index contributed by atoms with van der Waals surface area (Å²) < 4.78 is 18.4. The van der Waals surface area contributed by atoms with Crippen molar-refractivity contribution in [2.75, 3.05) is 13.1 Å². The van der Waals surface area contributed by atoms with Crippen LogP contribution < -0.4 is 5.73 Å². The number of hydrogen-bond acceptors (Lipinski definition) is 4. The van der Waals surface area contributed by atoms with Crippen molar-refractivity contribution in [3.05, 3.63) is 35.9 Å². The summed E-state index contributed by atoms with van der Waals surface area (Å²) in [5, 5.41) is 0. The average Bonchev–Trinajstić information content (AvgIpc) is 2.67. The highest BCUT2D eigenvalue weighted by atomic mass is 19.1. The standard InChI is InChI=1S/C12H15FN2O2/c13-10-6-15(7-11(10)14)12(17-8-16)9-4-2-1-3-5-9/h1-5,8,10-12H,6-7,14H2. The number of nitrogens with zero attached hydrogens (tertiary/aromatic N) is 1. The molecule has 1 aromatic rings. The Morgan fingerprint density at radius 2 is 2.12 bits per heavy atom. The molecule has 1 heterocycles. The van der Waals surface area contributed by atoms with E-state index in [4.69, 9.17) is 10.5 Å². The summed E-state index contributed by atoms with van der Waals surface area (Å²) in [6.07, 6.45) is -1.63. The number of alkyl halides is 1. The topological polar surface area (TPSA) is 55.6 Å². The van der Waals surface area contributed by atoms with Crippen LogP contribution in [0.3, 0.4) is 0 Å². The maximum absolute atomic E-state index is 13.4. The minimum absolute atomic E-state index is 0.189. The van der Waals surface area contributed by atoms with Crippen LogP contribution in [-0.2, 0) is 9.53 Å². The van der Waals surface area contributed by atoms with E-state index in [0.29, 0.717) is 13.0 Å². The summed E-state index contributed by atoms with van der Waals surface area (Å²) in [6.45, 7) is 0.956. The number of rotatable bonds is 4. The molecule has 1 aliphatic heterocycles. The van der Waals surface area contributed by atoms with Gasteiger partial charge in [0.1, 0.15) is 6.17 Å². The van der Waals surface area contributed by atoms with Crippen molar-refractivity contribution in [1.29, 1.82) is 0 Å². The molecule has 2 N–H and O–H groups in total. The smallest absolute Gasteiger partial charge is 0.294 e. The van der Waals surface area contributed by atoms with Gasteiger partial charge >= 0.3 is 0 Å². The summed E-state index contributed by atoms with van der Waals surface area (Å²) in [4.78, 5) is 12.3. The van der Waals surface area contributed by atoms with Gasteiger partial charge in [-0.05, 0) is 0 Å². The van der Waals surface area contributed by atoms with Crippen molar-refractivity contribution in [3.63, 3.8) is 0 Å². The Kier molecular flexibility index (Phi) is 3.71. The van der Waals surface area contributed by atoms with Crippen LogP contribution in [-0.4, -0.2) is 36.7 Å². The van der Waals surface area contributed by atoms with Gasteiger partial charge in [0.2, 0.25) is 0 Å². The molecule has 0 spiro atoms. The highest BCUT2D eigenvalue weighted by molar-refractivity contribution is 5.38. The summed E-state index contributed by atoms with van der Waals surface area (Å²) in [7, 11) is 0. The Bertz CT molecular complexity index is 364. The molecule has 1 fully saturated rings. The van der Waals surface area contributed by atoms with E-state index in [2.05, 4.69) is 0 Å². The molecule has 2 rings (SSSR count). The number of ether oxygens (including phenoxy) is 1. The van der Waals surface area contributed by atoms with E-state index in [9.17, 15) is 9.18 Å². The first-order valence-electron chi connectivity index (χ1n) is 5.50. The van der Waals surface area contributed by atoms with Gasteiger partial charge in [0, 0.05) is 24.7 Å². The van der Waals surface area contributed by atoms with E-state index in [1.54, 1.807) is 4.90 Å². The zero-order chi connectivity index (χ0) is 12.3. The van der Waals surface area contributed by atoms with Crippen molar-refractivity contribution in [1.82, 2.24) is 4.90 Å². The summed E-state index contributed by atoms with van der Waals surface area (Å²) in [6, 6.07) is 8.72.